The summed E-state index contributed by atoms with van der Waals surface area (Å²) in [6, 6.07) is 9.81. The second-order valence-electron chi connectivity index (χ2n) is 8.17. The van der Waals surface area contributed by atoms with Crippen LogP contribution < -0.4 is 0 Å². The lowest BCUT2D eigenvalue weighted by molar-refractivity contribution is -0.126. The average Bonchev–Trinajstić information content (AvgIpc) is 3.71. The summed E-state index contributed by atoms with van der Waals surface area (Å²) in [6.07, 6.45) is 8.15. The highest BCUT2D eigenvalue weighted by Gasteiger charge is 2.30. The number of Topliss-reactive ketones (excluding diaryl/α,β-unsaturated/α-hetero) is 1. The molecule has 1 fully saturated rings. The molecule has 1 saturated heterocycles. The Balaban J connectivity index is 1.24. The highest BCUT2D eigenvalue weighted by atomic mass is 16.4. The van der Waals surface area contributed by atoms with Crippen molar-refractivity contribution < 1.29 is 14.0 Å². The Morgan fingerprint density at radius 2 is 1.86 bits per heavy atom. The lowest BCUT2D eigenvalue weighted by Gasteiger charge is -2.29. The zero-order valence-electron chi connectivity index (χ0n) is 18.9. The van der Waals surface area contributed by atoms with E-state index >= 15 is 0 Å². The van der Waals surface area contributed by atoms with Gasteiger partial charge in [-0.2, -0.15) is 5.10 Å². The molecule has 5 heterocycles. The summed E-state index contributed by atoms with van der Waals surface area (Å²) in [5.41, 5.74) is 3.98. The van der Waals surface area contributed by atoms with E-state index in [1.165, 1.54) is 36.3 Å². The van der Waals surface area contributed by atoms with Crippen LogP contribution in [0.2, 0.25) is 0 Å². The maximum atomic E-state index is 13.2. The van der Waals surface area contributed by atoms with Crippen LogP contribution >= 0.6 is 0 Å². The summed E-state index contributed by atoms with van der Waals surface area (Å²) in [7, 11) is 0. The van der Waals surface area contributed by atoms with Crippen LogP contribution in [0.5, 0.6) is 0 Å². The van der Waals surface area contributed by atoms with E-state index in [0.717, 1.165) is 16.7 Å². The number of nitrogens with zero attached hydrogens (tertiary/aromatic N) is 8. The van der Waals surface area contributed by atoms with Crippen LogP contribution in [0.15, 0.2) is 71.9 Å². The molecule has 178 valence electrons. The molecule has 0 unspecified atom stereocenters. The van der Waals surface area contributed by atoms with Gasteiger partial charge in [0.2, 0.25) is 12.3 Å². The predicted octanol–water partition coefficient (Wildman–Crippen LogP) is 2.23. The fourth-order valence-electron chi connectivity index (χ4n) is 4.44. The Kier molecular flexibility index (Phi) is 5.37. The van der Waals surface area contributed by atoms with Crippen LogP contribution in [0.3, 0.4) is 0 Å². The van der Waals surface area contributed by atoms with E-state index < -0.39 is 11.7 Å². The van der Waals surface area contributed by atoms with Crippen LogP contribution in [0, 0.1) is 0 Å². The van der Waals surface area contributed by atoms with Gasteiger partial charge in [0.15, 0.2) is 5.82 Å². The number of hydrogen-bond donors (Lipinski definition) is 1. The molecular weight excluding hydrogens is 462 g/mol. The molecule has 0 aliphatic carbocycles. The molecule has 1 aliphatic rings. The van der Waals surface area contributed by atoms with E-state index in [9.17, 15) is 9.59 Å². The number of carbonyl (C=O) groups is 2. The van der Waals surface area contributed by atoms with E-state index in [0.29, 0.717) is 48.7 Å². The quantitative estimate of drug-likeness (QED) is 0.294. The molecule has 1 aliphatic heterocycles. The first-order valence-corrected chi connectivity index (χ1v) is 11.3. The number of aromatic amines is 1. The number of rotatable bonds is 5. The van der Waals surface area contributed by atoms with Gasteiger partial charge in [-0.3, -0.25) is 9.59 Å². The van der Waals surface area contributed by atoms with Gasteiger partial charge in [-0.05, 0) is 18.4 Å². The van der Waals surface area contributed by atoms with Crippen LogP contribution in [0.25, 0.3) is 22.4 Å². The van der Waals surface area contributed by atoms with Crippen molar-refractivity contribution in [2.75, 3.05) is 13.1 Å². The molecule has 0 radical (unpaired) electrons. The molecule has 1 amide bonds. The lowest BCUT2D eigenvalue weighted by Crippen LogP contribution is -2.40. The van der Waals surface area contributed by atoms with E-state index in [1.54, 1.807) is 4.90 Å². The minimum atomic E-state index is -0.628. The van der Waals surface area contributed by atoms with Crippen molar-refractivity contribution in [1.82, 2.24) is 44.8 Å². The van der Waals surface area contributed by atoms with E-state index in [4.69, 9.17) is 4.42 Å². The molecule has 1 aromatic carbocycles. The number of benzene rings is 1. The zero-order chi connectivity index (χ0) is 24.5. The number of ketones is 1. The fourth-order valence-corrected chi connectivity index (χ4v) is 4.44. The summed E-state index contributed by atoms with van der Waals surface area (Å²) in [5, 5.41) is 12.0. The number of carbonyl (C=O) groups excluding carboxylic acids is 2. The third kappa shape index (κ3) is 3.74. The highest BCUT2D eigenvalue weighted by Crippen LogP contribution is 2.31. The minimum absolute atomic E-state index is 0.191. The first-order chi connectivity index (χ1) is 17.7. The molecule has 4 aromatic heterocycles. The number of H-pyrrole nitrogens is 1. The smallest absolute Gasteiger partial charge is 0.295 e. The molecule has 0 atom stereocenters. The van der Waals surface area contributed by atoms with Crippen molar-refractivity contribution in [2.45, 2.75) is 12.8 Å². The van der Waals surface area contributed by atoms with Crippen molar-refractivity contribution in [1.29, 1.82) is 0 Å². The standard InChI is InChI=1S/C24H19N9O3/c34-21(17-10-26-20-19(17)27-12-28-22(20)33-13-25-11-30-33)24(35)32-8-6-16(7-9-32)18(23-31-29-14-36-23)15-4-2-1-3-5-15/h1-5,10-14,26H,6-9H2. The molecule has 0 saturated carbocycles. The Hall–Kier alpha value is -5.00. The fraction of sp³-hybridized carbons (Fsp3) is 0.167. The Morgan fingerprint density at radius 3 is 2.58 bits per heavy atom. The average molecular weight is 481 g/mol. The molecule has 6 rings (SSSR count). The van der Waals surface area contributed by atoms with Gasteiger partial charge in [-0.25, -0.2) is 19.6 Å². The van der Waals surface area contributed by atoms with Gasteiger partial charge in [0, 0.05) is 24.9 Å². The van der Waals surface area contributed by atoms with Crippen molar-refractivity contribution in [3.05, 3.63) is 84.5 Å². The molecular formula is C24H19N9O3. The van der Waals surface area contributed by atoms with Crippen LogP contribution in [-0.4, -0.2) is 69.6 Å². The van der Waals surface area contributed by atoms with Gasteiger partial charge < -0.3 is 14.3 Å². The summed E-state index contributed by atoms with van der Waals surface area (Å²) < 4.78 is 6.96. The van der Waals surface area contributed by atoms with Gasteiger partial charge in [0.25, 0.3) is 11.7 Å². The van der Waals surface area contributed by atoms with E-state index in [1.807, 2.05) is 30.3 Å². The van der Waals surface area contributed by atoms with Gasteiger partial charge >= 0.3 is 0 Å². The number of aromatic nitrogens is 8. The summed E-state index contributed by atoms with van der Waals surface area (Å²) in [5.74, 6) is -0.327. The van der Waals surface area contributed by atoms with Gasteiger partial charge in [-0.15, -0.1) is 10.2 Å². The van der Waals surface area contributed by atoms with Crippen molar-refractivity contribution in [3.8, 4) is 5.82 Å². The summed E-state index contributed by atoms with van der Waals surface area (Å²) in [6.45, 7) is 0.790. The molecule has 0 bridgehead atoms. The second-order valence-corrected chi connectivity index (χ2v) is 8.17. The van der Waals surface area contributed by atoms with Crippen molar-refractivity contribution >= 4 is 28.3 Å². The van der Waals surface area contributed by atoms with Crippen molar-refractivity contribution in [2.24, 2.45) is 0 Å². The van der Waals surface area contributed by atoms with E-state index in [2.05, 4.69) is 35.2 Å². The third-order valence-electron chi connectivity index (χ3n) is 6.16. The number of hydrogen-bond acceptors (Lipinski definition) is 9. The number of nitrogens with one attached hydrogen (secondary N) is 1. The van der Waals surface area contributed by atoms with E-state index in [-0.39, 0.29) is 5.56 Å². The maximum absolute atomic E-state index is 13.2. The van der Waals surface area contributed by atoms with Gasteiger partial charge in [0.1, 0.15) is 30.0 Å². The number of likely N-dealkylation sites (tertiary alicyclic amines) is 1. The SMILES string of the molecule is O=C(C(=O)N1CCC(=C(c2ccccc2)c2nnco2)CC1)c1c[nH]c2c(-n3cncn3)ncnc12. The first-order valence-electron chi connectivity index (χ1n) is 11.3. The van der Waals surface area contributed by atoms with Crippen LogP contribution in [0.4, 0.5) is 0 Å². The number of amides is 1. The molecule has 5 aromatic rings. The maximum Gasteiger partial charge on any atom is 0.295 e. The molecule has 36 heavy (non-hydrogen) atoms. The monoisotopic (exact) mass is 481 g/mol. The highest BCUT2D eigenvalue weighted by molar-refractivity contribution is 6.44. The molecule has 12 heteroatoms. The largest absolute Gasteiger partial charge is 0.423 e. The third-order valence-corrected chi connectivity index (χ3v) is 6.16. The number of fused-ring (bicyclic) bond motifs is 1. The summed E-state index contributed by atoms with van der Waals surface area (Å²) >= 11 is 0. The Morgan fingerprint density at radius 1 is 1.03 bits per heavy atom. The molecule has 12 nitrogen and oxygen atoms in total. The normalized spacial score (nSPS) is 13.8. The topological polar surface area (TPSA) is 149 Å². The van der Waals surface area contributed by atoms with Crippen molar-refractivity contribution in [3.63, 3.8) is 0 Å². The minimum Gasteiger partial charge on any atom is -0.423 e. The Labute approximate surface area is 203 Å². The van der Waals surface area contributed by atoms with Gasteiger partial charge in [0.05, 0.1) is 5.56 Å². The first kappa shape index (κ1) is 21.5. The van der Waals surface area contributed by atoms with Gasteiger partial charge in [-0.1, -0.05) is 35.9 Å². The molecule has 0 spiro atoms. The van der Waals surface area contributed by atoms with Crippen LogP contribution in [-0.2, 0) is 4.79 Å². The summed E-state index contributed by atoms with van der Waals surface area (Å²) in [4.78, 5) is 43.3. The Bertz CT molecular complexity index is 1560. The second kappa shape index (κ2) is 8.98. The van der Waals surface area contributed by atoms with Crippen LogP contribution in [0.1, 0.15) is 34.7 Å². The zero-order valence-corrected chi connectivity index (χ0v) is 18.9. The predicted molar refractivity (Wildman–Crippen MR) is 126 cm³/mol. The number of piperidine rings is 1. The molecule has 1 N–H and O–H groups in total. The lowest BCUT2D eigenvalue weighted by atomic mass is 9.92.